The van der Waals surface area contributed by atoms with Crippen LogP contribution >= 0.6 is 11.3 Å². The summed E-state index contributed by atoms with van der Waals surface area (Å²) in [5.41, 5.74) is 8.78. The summed E-state index contributed by atoms with van der Waals surface area (Å²) in [7, 11) is 5.49. The predicted molar refractivity (Wildman–Crippen MR) is 139 cm³/mol. The Morgan fingerprint density at radius 2 is 1.88 bits per heavy atom. The van der Waals surface area contributed by atoms with E-state index in [1.807, 2.05) is 35.2 Å². The highest BCUT2D eigenvalue weighted by Gasteiger charge is 2.29. The monoisotopic (exact) mass is 479 g/mol. The Bertz CT molecular complexity index is 1160. The lowest BCUT2D eigenvalue weighted by Gasteiger charge is -2.35. The summed E-state index contributed by atoms with van der Waals surface area (Å²) in [5, 5.41) is 0.802. The molecule has 180 valence electrons. The van der Waals surface area contributed by atoms with E-state index in [0.717, 1.165) is 60.4 Å². The fourth-order valence-corrected chi connectivity index (χ4v) is 5.64. The van der Waals surface area contributed by atoms with Crippen LogP contribution in [-0.2, 0) is 4.79 Å². The Morgan fingerprint density at radius 3 is 2.62 bits per heavy atom. The van der Waals surface area contributed by atoms with E-state index in [4.69, 9.17) is 10.7 Å². The summed E-state index contributed by atoms with van der Waals surface area (Å²) in [6.07, 6.45) is 4.31. The van der Waals surface area contributed by atoms with Gasteiger partial charge in [0.25, 0.3) is 5.91 Å². The molecule has 0 radical (unpaired) electrons. The summed E-state index contributed by atoms with van der Waals surface area (Å²) in [6, 6.07) is 14.1. The highest BCUT2D eigenvalue weighted by molar-refractivity contribution is 7.21. The highest BCUT2D eigenvalue weighted by Crippen LogP contribution is 2.36. The van der Waals surface area contributed by atoms with E-state index in [-0.39, 0.29) is 17.9 Å². The normalized spacial score (nSPS) is 16.0. The zero-order valence-electron chi connectivity index (χ0n) is 20.2. The van der Waals surface area contributed by atoms with Gasteiger partial charge < -0.3 is 20.4 Å². The molecule has 7 nitrogen and oxygen atoms in total. The molecule has 0 spiro atoms. The second kappa shape index (κ2) is 10.4. The number of benzene rings is 1. The standard InChI is InChI=1S/C26H33N5O2S/c1-29(2)26(33)24-23(27)19-14-15-20(28-25(19)34-24)21-12-7-8-17-31(21)22(32)13-9-16-30(3)18-10-5-4-6-11-18/h4-6,10-11,14-15,21H,7-9,12-13,16-17,27H2,1-3H3. The van der Waals surface area contributed by atoms with Crippen LogP contribution in [0.1, 0.15) is 53.5 Å². The van der Waals surface area contributed by atoms with Crippen LogP contribution in [0.15, 0.2) is 42.5 Å². The molecule has 0 saturated carbocycles. The third-order valence-corrected chi connectivity index (χ3v) is 7.56. The van der Waals surface area contributed by atoms with E-state index in [2.05, 4.69) is 24.1 Å². The van der Waals surface area contributed by atoms with Gasteiger partial charge in [-0.2, -0.15) is 0 Å². The fraction of sp³-hybridized carbons (Fsp3) is 0.423. The molecule has 4 rings (SSSR count). The second-order valence-electron chi connectivity index (χ2n) is 9.09. The van der Waals surface area contributed by atoms with Crippen LogP contribution in [0.5, 0.6) is 0 Å². The first-order chi connectivity index (χ1) is 16.4. The molecule has 1 unspecified atom stereocenters. The van der Waals surface area contributed by atoms with Crippen molar-refractivity contribution >= 4 is 44.7 Å². The molecule has 1 aliphatic rings. The number of rotatable bonds is 7. The number of nitrogen functional groups attached to an aromatic ring is 1. The molecular weight excluding hydrogens is 446 g/mol. The summed E-state index contributed by atoms with van der Waals surface area (Å²) >= 11 is 1.33. The number of likely N-dealkylation sites (tertiary alicyclic amines) is 1. The van der Waals surface area contributed by atoms with Crippen molar-refractivity contribution in [1.29, 1.82) is 0 Å². The van der Waals surface area contributed by atoms with Gasteiger partial charge in [0.15, 0.2) is 0 Å². The van der Waals surface area contributed by atoms with Gasteiger partial charge in [-0.15, -0.1) is 11.3 Å². The minimum atomic E-state index is -0.114. The molecule has 1 aromatic carbocycles. The number of carbonyl (C=O) groups excluding carboxylic acids is 2. The smallest absolute Gasteiger partial charge is 0.265 e. The molecule has 3 heterocycles. The van der Waals surface area contributed by atoms with Crippen molar-refractivity contribution in [2.75, 3.05) is 44.9 Å². The topological polar surface area (TPSA) is 82.8 Å². The Labute approximate surface area is 205 Å². The number of para-hydroxylation sites is 1. The van der Waals surface area contributed by atoms with Crippen LogP contribution in [0.3, 0.4) is 0 Å². The van der Waals surface area contributed by atoms with Gasteiger partial charge in [0.05, 0.1) is 17.4 Å². The summed E-state index contributed by atoms with van der Waals surface area (Å²) in [4.78, 5) is 37.5. The lowest BCUT2D eigenvalue weighted by atomic mass is 9.98. The third kappa shape index (κ3) is 5.01. The van der Waals surface area contributed by atoms with Crippen molar-refractivity contribution in [2.24, 2.45) is 0 Å². The number of nitrogens with zero attached hydrogens (tertiary/aromatic N) is 4. The number of nitrogens with two attached hydrogens (primary N) is 1. The molecule has 0 bridgehead atoms. The number of amides is 2. The van der Waals surface area contributed by atoms with E-state index in [1.54, 1.807) is 14.1 Å². The van der Waals surface area contributed by atoms with Crippen molar-refractivity contribution in [2.45, 2.75) is 38.1 Å². The number of carbonyl (C=O) groups is 2. The van der Waals surface area contributed by atoms with Crippen LogP contribution in [0, 0.1) is 0 Å². The zero-order chi connectivity index (χ0) is 24.2. The Hall–Kier alpha value is -3.13. The molecule has 1 atom stereocenters. The molecule has 1 aliphatic heterocycles. The lowest BCUT2D eigenvalue weighted by Crippen LogP contribution is -2.39. The molecule has 1 saturated heterocycles. The summed E-state index contributed by atoms with van der Waals surface area (Å²) < 4.78 is 0. The second-order valence-corrected chi connectivity index (χ2v) is 10.1. The van der Waals surface area contributed by atoms with Crippen molar-refractivity contribution < 1.29 is 9.59 Å². The largest absolute Gasteiger partial charge is 0.397 e. The van der Waals surface area contributed by atoms with Crippen molar-refractivity contribution in [3.8, 4) is 0 Å². The van der Waals surface area contributed by atoms with Gasteiger partial charge in [-0.05, 0) is 49.9 Å². The van der Waals surface area contributed by atoms with Crippen LogP contribution in [0.25, 0.3) is 10.2 Å². The number of thiophene rings is 1. The molecule has 1 fully saturated rings. The number of hydrogen-bond acceptors (Lipinski definition) is 6. The summed E-state index contributed by atoms with van der Waals surface area (Å²) in [6.45, 7) is 1.59. The predicted octanol–water partition coefficient (Wildman–Crippen LogP) is 4.55. The van der Waals surface area contributed by atoms with E-state index >= 15 is 0 Å². The quantitative estimate of drug-likeness (QED) is 0.538. The Morgan fingerprint density at radius 1 is 1.12 bits per heavy atom. The van der Waals surface area contributed by atoms with Crippen molar-refractivity contribution in [1.82, 2.24) is 14.8 Å². The molecule has 34 heavy (non-hydrogen) atoms. The minimum Gasteiger partial charge on any atom is -0.397 e. The van der Waals surface area contributed by atoms with Gasteiger partial charge in [0.1, 0.15) is 9.71 Å². The average Bonchev–Trinajstić information content (AvgIpc) is 3.19. The maximum absolute atomic E-state index is 13.2. The molecular formula is C26H33N5O2S. The fourth-order valence-electron chi connectivity index (χ4n) is 4.52. The van der Waals surface area contributed by atoms with E-state index in [0.29, 0.717) is 17.0 Å². The van der Waals surface area contributed by atoms with Gasteiger partial charge >= 0.3 is 0 Å². The van der Waals surface area contributed by atoms with Crippen LogP contribution in [0.2, 0.25) is 0 Å². The van der Waals surface area contributed by atoms with Crippen LogP contribution < -0.4 is 10.6 Å². The molecule has 2 N–H and O–H groups in total. The maximum atomic E-state index is 13.2. The molecule has 2 amide bonds. The SMILES string of the molecule is CN(C)C(=O)c1sc2nc(C3CCCCN3C(=O)CCCN(C)c3ccccc3)ccc2c1N. The number of piperidine rings is 1. The van der Waals surface area contributed by atoms with Gasteiger partial charge in [-0.1, -0.05) is 18.2 Å². The first-order valence-electron chi connectivity index (χ1n) is 11.8. The van der Waals surface area contributed by atoms with Gasteiger partial charge in [0, 0.05) is 51.7 Å². The maximum Gasteiger partial charge on any atom is 0.265 e. The first-order valence-corrected chi connectivity index (χ1v) is 12.6. The molecule has 3 aromatic rings. The number of fused-ring (bicyclic) bond motifs is 1. The zero-order valence-corrected chi connectivity index (χ0v) is 21.0. The Balaban J connectivity index is 1.46. The average molecular weight is 480 g/mol. The minimum absolute atomic E-state index is 0.0335. The lowest BCUT2D eigenvalue weighted by molar-refractivity contribution is -0.135. The van der Waals surface area contributed by atoms with Gasteiger partial charge in [-0.3, -0.25) is 9.59 Å². The van der Waals surface area contributed by atoms with Gasteiger partial charge in [-0.25, -0.2) is 4.98 Å². The van der Waals surface area contributed by atoms with Crippen LogP contribution in [-0.4, -0.2) is 60.8 Å². The van der Waals surface area contributed by atoms with Crippen molar-refractivity contribution in [3.05, 3.63) is 53.0 Å². The number of aromatic nitrogens is 1. The number of pyridine rings is 1. The molecule has 2 aromatic heterocycles. The van der Waals surface area contributed by atoms with E-state index in [9.17, 15) is 9.59 Å². The van der Waals surface area contributed by atoms with Gasteiger partial charge in [0.2, 0.25) is 5.91 Å². The van der Waals surface area contributed by atoms with E-state index in [1.165, 1.54) is 16.2 Å². The third-order valence-electron chi connectivity index (χ3n) is 6.46. The summed E-state index contributed by atoms with van der Waals surface area (Å²) in [5.74, 6) is 0.0687. The highest BCUT2D eigenvalue weighted by atomic mass is 32.1. The van der Waals surface area contributed by atoms with Crippen LogP contribution in [0.4, 0.5) is 11.4 Å². The van der Waals surface area contributed by atoms with Crippen molar-refractivity contribution in [3.63, 3.8) is 0 Å². The number of anilines is 2. The molecule has 0 aliphatic carbocycles. The number of hydrogen-bond donors (Lipinski definition) is 1. The first kappa shape index (κ1) is 24.0. The molecule has 8 heteroatoms. The van der Waals surface area contributed by atoms with E-state index < -0.39 is 0 Å². The Kier molecular flexibility index (Phi) is 7.36.